The summed E-state index contributed by atoms with van der Waals surface area (Å²) in [5, 5.41) is 16.8. The van der Waals surface area contributed by atoms with Crippen LogP contribution in [0.1, 0.15) is 74.7 Å². The van der Waals surface area contributed by atoms with Crippen molar-refractivity contribution in [3.63, 3.8) is 0 Å². The molecular formula is C23H34N6O. The van der Waals surface area contributed by atoms with Gasteiger partial charge in [0.15, 0.2) is 11.6 Å². The standard InChI is InChI=1S/C23H34N6O/c1-17-20(11-14-23(30)24-19-9-5-3-6-10-19)18(2)29(27-17)22-13-12-21(25-26-22)28-15-7-4-8-16-28/h12-13,19H,3-11,14-16H2,1-2H3,(H,24,30). The molecule has 1 aliphatic carbocycles. The molecule has 1 amide bonds. The van der Waals surface area contributed by atoms with Gasteiger partial charge in [0.05, 0.1) is 5.69 Å². The summed E-state index contributed by atoms with van der Waals surface area (Å²) in [5.41, 5.74) is 3.13. The monoisotopic (exact) mass is 410 g/mol. The number of piperidine rings is 1. The Bertz CT molecular complexity index is 847. The maximum absolute atomic E-state index is 12.4. The number of nitrogens with zero attached hydrogens (tertiary/aromatic N) is 5. The van der Waals surface area contributed by atoms with E-state index in [0.29, 0.717) is 18.9 Å². The van der Waals surface area contributed by atoms with Gasteiger partial charge in [0.25, 0.3) is 0 Å². The van der Waals surface area contributed by atoms with E-state index in [1.54, 1.807) is 0 Å². The second kappa shape index (κ2) is 9.58. The summed E-state index contributed by atoms with van der Waals surface area (Å²) in [6.45, 7) is 6.17. The first-order chi connectivity index (χ1) is 14.6. The van der Waals surface area contributed by atoms with Crippen molar-refractivity contribution in [2.75, 3.05) is 18.0 Å². The zero-order chi connectivity index (χ0) is 20.9. The topological polar surface area (TPSA) is 75.9 Å². The molecule has 0 unspecified atom stereocenters. The van der Waals surface area contributed by atoms with Crippen LogP contribution in [-0.2, 0) is 11.2 Å². The summed E-state index contributed by atoms with van der Waals surface area (Å²) in [6, 6.07) is 4.40. The SMILES string of the molecule is Cc1nn(-c2ccc(N3CCCCC3)nn2)c(C)c1CCC(=O)NC1CCCCC1. The minimum atomic E-state index is 0.152. The van der Waals surface area contributed by atoms with Crippen LogP contribution < -0.4 is 10.2 Å². The Morgan fingerprint density at radius 1 is 1.00 bits per heavy atom. The maximum atomic E-state index is 12.4. The van der Waals surface area contributed by atoms with Gasteiger partial charge < -0.3 is 10.2 Å². The Morgan fingerprint density at radius 2 is 1.67 bits per heavy atom. The van der Waals surface area contributed by atoms with Crippen molar-refractivity contribution in [3.8, 4) is 5.82 Å². The van der Waals surface area contributed by atoms with Crippen LogP contribution in [0.15, 0.2) is 12.1 Å². The minimum absolute atomic E-state index is 0.152. The van der Waals surface area contributed by atoms with Gasteiger partial charge in [-0.05, 0) is 70.1 Å². The number of carbonyl (C=O) groups excluding carboxylic acids is 1. The van der Waals surface area contributed by atoms with Gasteiger partial charge >= 0.3 is 0 Å². The average Bonchev–Trinajstić information content (AvgIpc) is 3.07. The van der Waals surface area contributed by atoms with Crippen LogP contribution in [0, 0.1) is 13.8 Å². The van der Waals surface area contributed by atoms with Gasteiger partial charge in [0.1, 0.15) is 0 Å². The number of hydrogen-bond donors (Lipinski definition) is 1. The third-order valence-corrected chi connectivity index (χ3v) is 6.55. The predicted molar refractivity (Wildman–Crippen MR) is 118 cm³/mol. The molecule has 0 radical (unpaired) electrons. The fraction of sp³-hybridized carbons (Fsp3) is 0.652. The summed E-state index contributed by atoms with van der Waals surface area (Å²) in [4.78, 5) is 14.7. The molecule has 0 spiro atoms. The molecule has 2 aromatic rings. The fourth-order valence-corrected chi connectivity index (χ4v) is 4.77. The molecule has 2 aromatic heterocycles. The van der Waals surface area contributed by atoms with Crippen LogP contribution in [0.2, 0.25) is 0 Å². The lowest BCUT2D eigenvalue weighted by Crippen LogP contribution is -2.36. The van der Waals surface area contributed by atoms with Gasteiger partial charge in [-0.2, -0.15) is 5.10 Å². The lowest BCUT2D eigenvalue weighted by molar-refractivity contribution is -0.121. The highest BCUT2D eigenvalue weighted by atomic mass is 16.1. The number of aryl methyl sites for hydroxylation is 1. The van der Waals surface area contributed by atoms with E-state index in [9.17, 15) is 4.79 Å². The fourth-order valence-electron chi connectivity index (χ4n) is 4.77. The first-order valence-corrected chi connectivity index (χ1v) is 11.6. The third kappa shape index (κ3) is 4.82. The first-order valence-electron chi connectivity index (χ1n) is 11.6. The molecule has 7 nitrogen and oxygen atoms in total. The van der Waals surface area contributed by atoms with Crippen LogP contribution in [0.25, 0.3) is 5.82 Å². The number of amides is 1. The van der Waals surface area contributed by atoms with Gasteiger partial charge in [-0.3, -0.25) is 4.79 Å². The smallest absolute Gasteiger partial charge is 0.220 e. The molecule has 0 aromatic carbocycles. The number of nitrogens with one attached hydrogen (secondary N) is 1. The molecule has 2 fully saturated rings. The maximum Gasteiger partial charge on any atom is 0.220 e. The van der Waals surface area contributed by atoms with Crippen LogP contribution in [-0.4, -0.2) is 45.0 Å². The zero-order valence-electron chi connectivity index (χ0n) is 18.4. The number of anilines is 1. The molecule has 1 aliphatic heterocycles. The number of rotatable bonds is 6. The molecule has 7 heteroatoms. The molecule has 0 atom stereocenters. The highest BCUT2D eigenvalue weighted by Gasteiger charge is 2.19. The van der Waals surface area contributed by atoms with E-state index >= 15 is 0 Å². The van der Waals surface area contributed by atoms with Gasteiger partial charge in [-0.1, -0.05) is 19.3 Å². The van der Waals surface area contributed by atoms with Crippen molar-refractivity contribution in [2.24, 2.45) is 0 Å². The Balaban J connectivity index is 1.39. The van der Waals surface area contributed by atoms with E-state index in [1.165, 1.54) is 38.5 Å². The second-order valence-electron chi connectivity index (χ2n) is 8.76. The molecular weight excluding hydrogens is 376 g/mol. The van der Waals surface area contributed by atoms with E-state index in [4.69, 9.17) is 0 Å². The van der Waals surface area contributed by atoms with E-state index in [0.717, 1.165) is 54.5 Å². The average molecular weight is 411 g/mol. The van der Waals surface area contributed by atoms with Gasteiger partial charge in [-0.25, -0.2) is 4.68 Å². The summed E-state index contributed by atoms with van der Waals surface area (Å²) < 4.78 is 1.86. The van der Waals surface area contributed by atoms with E-state index < -0.39 is 0 Å². The molecule has 2 aliphatic rings. The van der Waals surface area contributed by atoms with Crippen molar-refractivity contribution in [1.82, 2.24) is 25.3 Å². The Hall–Kier alpha value is -2.44. The van der Waals surface area contributed by atoms with Gasteiger partial charge in [0, 0.05) is 31.2 Å². The summed E-state index contributed by atoms with van der Waals surface area (Å²) >= 11 is 0. The number of carbonyl (C=O) groups is 1. The molecule has 162 valence electrons. The lowest BCUT2D eigenvalue weighted by atomic mass is 9.95. The van der Waals surface area contributed by atoms with E-state index in [2.05, 4.69) is 32.4 Å². The van der Waals surface area contributed by atoms with Crippen molar-refractivity contribution in [1.29, 1.82) is 0 Å². The largest absolute Gasteiger partial charge is 0.355 e. The highest BCUT2D eigenvalue weighted by molar-refractivity contribution is 5.76. The number of aromatic nitrogens is 4. The molecule has 30 heavy (non-hydrogen) atoms. The molecule has 1 N–H and O–H groups in total. The molecule has 0 bridgehead atoms. The molecule has 4 rings (SSSR count). The van der Waals surface area contributed by atoms with Gasteiger partial charge in [0.2, 0.25) is 5.91 Å². The number of hydrogen-bond acceptors (Lipinski definition) is 5. The van der Waals surface area contributed by atoms with Crippen molar-refractivity contribution < 1.29 is 4.79 Å². The first kappa shape index (κ1) is 20.8. The molecule has 1 saturated heterocycles. The Morgan fingerprint density at radius 3 is 2.37 bits per heavy atom. The van der Waals surface area contributed by atoms with Crippen LogP contribution in [0.5, 0.6) is 0 Å². The summed E-state index contributed by atoms with van der Waals surface area (Å²) in [5.74, 6) is 1.83. The predicted octanol–water partition coefficient (Wildman–Crippen LogP) is 3.65. The van der Waals surface area contributed by atoms with Crippen LogP contribution in [0.4, 0.5) is 5.82 Å². The minimum Gasteiger partial charge on any atom is -0.355 e. The van der Waals surface area contributed by atoms with Gasteiger partial charge in [-0.15, -0.1) is 10.2 Å². The Labute approximate surface area is 179 Å². The highest BCUT2D eigenvalue weighted by Crippen LogP contribution is 2.21. The van der Waals surface area contributed by atoms with Crippen molar-refractivity contribution >= 4 is 11.7 Å². The normalized spacial score (nSPS) is 17.9. The summed E-state index contributed by atoms with van der Waals surface area (Å²) in [7, 11) is 0. The molecule has 3 heterocycles. The van der Waals surface area contributed by atoms with E-state index in [1.807, 2.05) is 23.7 Å². The lowest BCUT2D eigenvalue weighted by Gasteiger charge is -2.27. The summed E-state index contributed by atoms with van der Waals surface area (Å²) in [6.07, 6.45) is 10.9. The Kier molecular flexibility index (Phi) is 6.65. The van der Waals surface area contributed by atoms with Crippen molar-refractivity contribution in [3.05, 3.63) is 29.1 Å². The molecule has 1 saturated carbocycles. The van der Waals surface area contributed by atoms with Crippen molar-refractivity contribution in [2.45, 2.75) is 84.1 Å². The second-order valence-corrected chi connectivity index (χ2v) is 8.76. The van der Waals surface area contributed by atoms with Crippen LogP contribution in [0.3, 0.4) is 0 Å². The quantitative estimate of drug-likeness (QED) is 0.787. The van der Waals surface area contributed by atoms with Crippen LogP contribution >= 0.6 is 0 Å². The zero-order valence-corrected chi connectivity index (χ0v) is 18.4. The van der Waals surface area contributed by atoms with E-state index in [-0.39, 0.29) is 5.91 Å². The third-order valence-electron chi connectivity index (χ3n) is 6.55.